The van der Waals surface area contributed by atoms with E-state index in [4.69, 9.17) is 9.47 Å². The molecular formula is C15H14N2O5. The lowest BCUT2D eigenvalue weighted by atomic mass is 10.2. The smallest absolute Gasteiger partial charge is 0.339 e. The molecule has 0 amide bonds. The number of ether oxygens (including phenoxy) is 3. The van der Waals surface area contributed by atoms with Crippen LogP contribution in [0.5, 0.6) is 11.6 Å². The first-order chi connectivity index (χ1) is 10.7. The highest BCUT2D eigenvalue weighted by Crippen LogP contribution is 2.21. The molecule has 22 heavy (non-hydrogen) atoms. The molecule has 0 aromatic carbocycles. The van der Waals surface area contributed by atoms with Crippen molar-refractivity contribution in [2.45, 2.75) is 6.61 Å². The van der Waals surface area contributed by atoms with E-state index in [2.05, 4.69) is 14.7 Å². The molecule has 0 aliphatic carbocycles. The van der Waals surface area contributed by atoms with Crippen molar-refractivity contribution in [3.8, 4) is 11.6 Å². The number of methoxy groups -OCH3 is 2. The molecule has 7 heteroatoms. The Hall–Kier alpha value is -2.96. The third-order valence-corrected chi connectivity index (χ3v) is 2.82. The summed E-state index contributed by atoms with van der Waals surface area (Å²) in [5.74, 6) is 0.164. The second-order valence-electron chi connectivity index (χ2n) is 4.24. The Morgan fingerprint density at radius 1 is 1.23 bits per heavy atom. The summed E-state index contributed by atoms with van der Waals surface area (Å²) < 4.78 is 15.1. The quantitative estimate of drug-likeness (QED) is 0.592. The van der Waals surface area contributed by atoms with Crippen molar-refractivity contribution in [2.75, 3.05) is 14.2 Å². The predicted molar refractivity (Wildman–Crippen MR) is 76.1 cm³/mol. The third kappa shape index (κ3) is 3.57. The molecule has 0 bridgehead atoms. The maximum atomic E-state index is 11.4. The zero-order chi connectivity index (χ0) is 15.9. The molecule has 2 rings (SSSR count). The molecule has 2 heterocycles. The Morgan fingerprint density at radius 2 is 2.05 bits per heavy atom. The topological polar surface area (TPSA) is 87.6 Å². The van der Waals surface area contributed by atoms with Gasteiger partial charge in [-0.15, -0.1) is 0 Å². The van der Waals surface area contributed by atoms with Gasteiger partial charge in [0.15, 0.2) is 6.29 Å². The molecule has 0 fully saturated rings. The van der Waals surface area contributed by atoms with E-state index in [1.54, 1.807) is 12.3 Å². The molecule has 0 saturated carbocycles. The third-order valence-electron chi connectivity index (χ3n) is 2.82. The minimum atomic E-state index is -0.478. The van der Waals surface area contributed by atoms with Crippen LogP contribution in [0.2, 0.25) is 0 Å². The number of aromatic nitrogens is 2. The number of hydrogen-bond donors (Lipinski definition) is 0. The van der Waals surface area contributed by atoms with Gasteiger partial charge in [-0.1, -0.05) is 0 Å². The van der Waals surface area contributed by atoms with Crippen molar-refractivity contribution < 1.29 is 23.8 Å². The first-order valence-electron chi connectivity index (χ1n) is 6.32. The van der Waals surface area contributed by atoms with Gasteiger partial charge >= 0.3 is 5.97 Å². The zero-order valence-corrected chi connectivity index (χ0v) is 12.1. The number of pyridine rings is 2. The maximum Gasteiger partial charge on any atom is 0.339 e. The van der Waals surface area contributed by atoms with Crippen molar-refractivity contribution >= 4 is 12.3 Å². The lowest BCUT2D eigenvalue weighted by Crippen LogP contribution is -2.05. The number of carbonyl (C=O) groups is 2. The molecule has 0 saturated heterocycles. The first kappa shape index (κ1) is 15.4. The van der Waals surface area contributed by atoms with Crippen LogP contribution < -0.4 is 9.47 Å². The molecule has 0 N–H and O–H groups in total. The van der Waals surface area contributed by atoms with Crippen LogP contribution in [0.1, 0.15) is 26.3 Å². The molecule has 0 radical (unpaired) electrons. The van der Waals surface area contributed by atoms with Gasteiger partial charge in [0.2, 0.25) is 5.88 Å². The monoisotopic (exact) mass is 302 g/mol. The van der Waals surface area contributed by atoms with E-state index in [1.165, 1.54) is 32.7 Å². The van der Waals surface area contributed by atoms with E-state index in [9.17, 15) is 9.59 Å². The number of rotatable bonds is 6. The molecule has 2 aromatic heterocycles. The highest BCUT2D eigenvalue weighted by molar-refractivity contribution is 5.89. The Balaban J connectivity index is 2.13. The molecule has 0 aliphatic rings. The highest BCUT2D eigenvalue weighted by Gasteiger charge is 2.09. The van der Waals surface area contributed by atoms with E-state index >= 15 is 0 Å². The summed E-state index contributed by atoms with van der Waals surface area (Å²) >= 11 is 0. The van der Waals surface area contributed by atoms with Gasteiger partial charge in [0.05, 0.1) is 31.5 Å². The van der Waals surface area contributed by atoms with Crippen LogP contribution in [0.3, 0.4) is 0 Å². The SMILES string of the molecule is COC(=O)c1cncc(COc2cnc(OC)cc2C=O)c1. The Bertz CT molecular complexity index is 687. The van der Waals surface area contributed by atoms with Crippen LogP contribution in [-0.4, -0.2) is 36.4 Å². The molecular weight excluding hydrogens is 288 g/mol. The normalized spacial score (nSPS) is 9.91. The Morgan fingerprint density at radius 3 is 2.73 bits per heavy atom. The highest BCUT2D eigenvalue weighted by atomic mass is 16.5. The number of aldehydes is 1. The zero-order valence-electron chi connectivity index (χ0n) is 12.1. The fourth-order valence-electron chi connectivity index (χ4n) is 1.72. The second kappa shape index (κ2) is 7.16. The van der Waals surface area contributed by atoms with E-state index in [0.717, 1.165) is 0 Å². The minimum Gasteiger partial charge on any atom is -0.486 e. The van der Waals surface area contributed by atoms with E-state index < -0.39 is 5.97 Å². The van der Waals surface area contributed by atoms with E-state index in [1.807, 2.05) is 0 Å². The summed E-state index contributed by atoms with van der Waals surface area (Å²) in [6, 6.07) is 3.09. The largest absolute Gasteiger partial charge is 0.486 e. The van der Waals surface area contributed by atoms with Gasteiger partial charge in [0.1, 0.15) is 12.4 Å². The molecule has 114 valence electrons. The van der Waals surface area contributed by atoms with E-state index in [-0.39, 0.29) is 6.61 Å². The summed E-state index contributed by atoms with van der Waals surface area (Å²) in [6.45, 7) is 0.132. The molecule has 0 atom stereocenters. The average Bonchev–Trinajstić information content (AvgIpc) is 2.59. The van der Waals surface area contributed by atoms with Crippen molar-refractivity contribution in [2.24, 2.45) is 0 Å². The molecule has 7 nitrogen and oxygen atoms in total. The van der Waals surface area contributed by atoms with E-state index in [0.29, 0.717) is 34.6 Å². The van der Waals surface area contributed by atoms with Gasteiger partial charge in [0, 0.05) is 24.0 Å². The van der Waals surface area contributed by atoms with Crippen LogP contribution in [0.15, 0.2) is 30.7 Å². The van der Waals surface area contributed by atoms with Gasteiger partial charge < -0.3 is 14.2 Å². The summed E-state index contributed by atoms with van der Waals surface area (Å²) in [6.07, 6.45) is 5.02. The number of hydrogen-bond acceptors (Lipinski definition) is 7. The van der Waals surface area contributed by atoms with Crippen molar-refractivity contribution in [1.82, 2.24) is 9.97 Å². The van der Waals surface area contributed by atoms with Crippen LogP contribution in [0.25, 0.3) is 0 Å². The molecule has 0 spiro atoms. The van der Waals surface area contributed by atoms with Gasteiger partial charge in [-0.2, -0.15) is 0 Å². The standard InChI is InChI=1S/C15H14N2O5/c1-20-14-4-12(8-18)13(7-17-14)22-9-10-3-11(6-16-5-10)15(19)21-2/h3-8H,9H2,1-2H3. The Labute approximate surface area is 126 Å². The number of esters is 1. The summed E-state index contributed by atoms with van der Waals surface area (Å²) in [7, 11) is 2.76. The van der Waals surface area contributed by atoms with Gasteiger partial charge in [-0.25, -0.2) is 9.78 Å². The van der Waals surface area contributed by atoms with Crippen molar-refractivity contribution in [3.05, 3.63) is 47.4 Å². The number of nitrogens with zero attached hydrogens (tertiary/aromatic N) is 2. The average molecular weight is 302 g/mol. The van der Waals surface area contributed by atoms with Gasteiger partial charge in [0.25, 0.3) is 0 Å². The minimum absolute atomic E-state index is 0.132. The lowest BCUT2D eigenvalue weighted by molar-refractivity contribution is 0.0600. The molecule has 2 aromatic rings. The number of carbonyl (C=O) groups excluding carboxylic acids is 2. The second-order valence-corrected chi connectivity index (χ2v) is 4.24. The molecule has 0 unspecified atom stereocenters. The maximum absolute atomic E-state index is 11.4. The van der Waals surface area contributed by atoms with Gasteiger partial charge in [-0.3, -0.25) is 9.78 Å². The van der Waals surface area contributed by atoms with Crippen LogP contribution in [0.4, 0.5) is 0 Å². The fraction of sp³-hybridized carbons (Fsp3) is 0.200. The molecule has 0 aliphatic heterocycles. The lowest BCUT2D eigenvalue weighted by Gasteiger charge is -2.09. The van der Waals surface area contributed by atoms with Crippen LogP contribution >= 0.6 is 0 Å². The van der Waals surface area contributed by atoms with Crippen LogP contribution in [-0.2, 0) is 11.3 Å². The Kier molecular flexibility index (Phi) is 5.02. The predicted octanol–water partition coefficient (Wildman–Crippen LogP) is 1.66. The van der Waals surface area contributed by atoms with Crippen molar-refractivity contribution in [3.63, 3.8) is 0 Å². The summed E-state index contributed by atoms with van der Waals surface area (Å²) in [5, 5.41) is 0. The first-order valence-corrected chi connectivity index (χ1v) is 6.32. The van der Waals surface area contributed by atoms with Crippen molar-refractivity contribution in [1.29, 1.82) is 0 Å². The summed E-state index contributed by atoms with van der Waals surface area (Å²) in [5.41, 5.74) is 1.31. The van der Waals surface area contributed by atoms with Gasteiger partial charge in [-0.05, 0) is 6.07 Å². The van der Waals surface area contributed by atoms with Crippen LogP contribution in [0, 0.1) is 0 Å². The fourth-order valence-corrected chi connectivity index (χ4v) is 1.72. The summed E-state index contributed by atoms with van der Waals surface area (Å²) in [4.78, 5) is 30.4.